The van der Waals surface area contributed by atoms with Crippen molar-refractivity contribution in [2.45, 2.75) is 52.6 Å². The number of aryl methyl sites for hydroxylation is 1. The van der Waals surface area contributed by atoms with E-state index in [1.165, 1.54) is 5.56 Å². The SMILES string of the molecule is CCC(C)(C)NC(=O)C1CC(=O)N(Cc2ccc(C)cc2)C1. The number of nitrogens with one attached hydrogen (secondary N) is 1. The number of likely N-dealkylation sites (tertiary alicyclic amines) is 1. The molecular formula is C18H26N2O2. The first-order chi connectivity index (χ1) is 10.3. The lowest BCUT2D eigenvalue weighted by Gasteiger charge is -2.26. The van der Waals surface area contributed by atoms with Gasteiger partial charge in [-0.2, -0.15) is 0 Å². The molecule has 1 aliphatic heterocycles. The lowest BCUT2D eigenvalue weighted by molar-refractivity contribution is -0.129. The van der Waals surface area contributed by atoms with Crippen molar-refractivity contribution in [2.24, 2.45) is 5.92 Å². The highest BCUT2D eigenvalue weighted by Crippen LogP contribution is 2.22. The molecule has 1 atom stereocenters. The molecule has 1 unspecified atom stereocenters. The van der Waals surface area contributed by atoms with Gasteiger partial charge in [-0.05, 0) is 32.8 Å². The summed E-state index contributed by atoms with van der Waals surface area (Å²) in [5.41, 5.74) is 2.09. The van der Waals surface area contributed by atoms with Crippen LogP contribution in [0.2, 0.25) is 0 Å². The van der Waals surface area contributed by atoms with Gasteiger partial charge in [0.25, 0.3) is 0 Å². The summed E-state index contributed by atoms with van der Waals surface area (Å²) >= 11 is 0. The average Bonchev–Trinajstić information content (AvgIpc) is 2.82. The monoisotopic (exact) mass is 302 g/mol. The predicted octanol–water partition coefficient (Wildman–Crippen LogP) is 2.65. The van der Waals surface area contributed by atoms with Crippen LogP contribution in [0.25, 0.3) is 0 Å². The number of hydrogen-bond acceptors (Lipinski definition) is 2. The Morgan fingerprint density at radius 2 is 1.95 bits per heavy atom. The molecule has 2 rings (SSSR count). The van der Waals surface area contributed by atoms with Crippen molar-refractivity contribution in [2.75, 3.05) is 6.54 Å². The minimum absolute atomic E-state index is 0.00777. The van der Waals surface area contributed by atoms with Gasteiger partial charge in [-0.15, -0.1) is 0 Å². The zero-order valence-electron chi connectivity index (χ0n) is 14.0. The van der Waals surface area contributed by atoms with Crippen molar-refractivity contribution >= 4 is 11.8 Å². The van der Waals surface area contributed by atoms with Crippen LogP contribution in [-0.4, -0.2) is 28.8 Å². The van der Waals surface area contributed by atoms with Crippen LogP contribution < -0.4 is 5.32 Å². The molecule has 0 aliphatic carbocycles. The van der Waals surface area contributed by atoms with Crippen molar-refractivity contribution in [3.63, 3.8) is 0 Å². The zero-order valence-corrected chi connectivity index (χ0v) is 14.0. The second-order valence-electron chi connectivity index (χ2n) is 6.89. The summed E-state index contributed by atoms with van der Waals surface area (Å²) in [6.45, 7) is 9.19. The largest absolute Gasteiger partial charge is 0.351 e. The Balaban J connectivity index is 1.95. The fourth-order valence-electron chi connectivity index (χ4n) is 2.54. The number of hydrogen-bond donors (Lipinski definition) is 1. The maximum absolute atomic E-state index is 12.3. The maximum Gasteiger partial charge on any atom is 0.225 e. The lowest BCUT2D eigenvalue weighted by atomic mass is 9.99. The molecule has 0 radical (unpaired) electrons. The fraction of sp³-hybridized carbons (Fsp3) is 0.556. The van der Waals surface area contributed by atoms with E-state index in [0.717, 1.165) is 12.0 Å². The number of rotatable bonds is 5. The summed E-state index contributed by atoms with van der Waals surface area (Å²) < 4.78 is 0. The maximum atomic E-state index is 12.3. The Morgan fingerprint density at radius 3 is 2.55 bits per heavy atom. The van der Waals surface area contributed by atoms with Crippen molar-refractivity contribution in [3.8, 4) is 0 Å². The molecule has 0 spiro atoms. The molecule has 1 N–H and O–H groups in total. The number of benzene rings is 1. The minimum atomic E-state index is -0.233. The lowest BCUT2D eigenvalue weighted by Crippen LogP contribution is -2.46. The van der Waals surface area contributed by atoms with Gasteiger partial charge in [0, 0.05) is 25.0 Å². The Labute approximate surface area is 132 Å². The Bertz CT molecular complexity index is 549. The summed E-state index contributed by atoms with van der Waals surface area (Å²) in [4.78, 5) is 26.2. The topological polar surface area (TPSA) is 49.4 Å². The highest BCUT2D eigenvalue weighted by atomic mass is 16.2. The van der Waals surface area contributed by atoms with Crippen LogP contribution in [0, 0.1) is 12.8 Å². The van der Waals surface area contributed by atoms with E-state index in [0.29, 0.717) is 19.5 Å². The summed E-state index contributed by atoms with van der Waals surface area (Å²) in [6.07, 6.45) is 1.18. The molecule has 1 saturated heterocycles. The Morgan fingerprint density at radius 1 is 1.32 bits per heavy atom. The van der Waals surface area contributed by atoms with E-state index >= 15 is 0 Å². The minimum Gasteiger partial charge on any atom is -0.351 e. The molecule has 1 aromatic carbocycles. The van der Waals surface area contributed by atoms with Crippen molar-refractivity contribution in [1.82, 2.24) is 10.2 Å². The van der Waals surface area contributed by atoms with Crippen LogP contribution in [0.15, 0.2) is 24.3 Å². The van der Waals surface area contributed by atoms with Gasteiger partial charge in [-0.25, -0.2) is 0 Å². The molecule has 4 nitrogen and oxygen atoms in total. The van der Waals surface area contributed by atoms with E-state index in [2.05, 4.69) is 5.32 Å². The molecule has 22 heavy (non-hydrogen) atoms. The standard InChI is InChI=1S/C18H26N2O2/c1-5-18(3,4)19-17(22)15-10-16(21)20(12-15)11-14-8-6-13(2)7-9-14/h6-9,15H,5,10-12H2,1-4H3,(H,19,22). The van der Waals surface area contributed by atoms with Crippen molar-refractivity contribution < 1.29 is 9.59 Å². The Kier molecular flexibility index (Phi) is 4.89. The first kappa shape index (κ1) is 16.5. The van der Waals surface area contributed by atoms with Crippen LogP contribution in [0.5, 0.6) is 0 Å². The number of carbonyl (C=O) groups excluding carboxylic acids is 2. The summed E-state index contributed by atoms with van der Waals surface area (Å²) in [6, 6.07) is 8.17. The van der Waals surface area contributed by atoms with Gasteiger partial charge in [0.05, 0.1) is 5.92 Å². The molecule has 1 aromatic rings. The van der Waals surface area contributed by atoms with Gasteiger partial charge in [-0.3, -0.25) is 9.59 Å². The molecule has 0 bridgehead atoms. The summed E-state index contributed by atoms with van der Waals surface area (Å²) in [5.74, 6) is -0.176. The van der Waals surface area contributed by atoms with Crippen LogP contribution >= 0.6 is 0 Å². The third-order valence-electron chi connectivity index (χ3n) is 4.42. The van der Waals surface area contributed by atoms with Gasteiger partial charge in [0.2, 0.25) is 11.8 Å². The normalized spacial score (nSPS) is 18.6. The number of nitrogens with zero attached hydrogens (tertiary/aromatic N) is 1. The zero-order chi connectivity index (χ0) is 16.3. The number of carbonyl (C=O) groups is 2. The summed E-state index contributed by atoms with van der Waals surface area (Å²) in [7, 11) is 0. The average molecular weight is 302 g/mol. The smallest absolute Gasteiger partial charge is 0.225 e. The van der Waals surface area contributed by atoms with E-state index in [4.69, 9.17) is 0 Å². The Hall–Kier alpha value is -1.84. The van der Waals surface area contributed by atoms with Gasteiger partial charge >= 0.3 is 0 Å². The quantitative estimate of drug-likeness (QED) is 0.909. The van der Waals surface area contributed by atoms with Crippen molar-refractivity contribution in [1.29, 1.82) is 0 Å². The second kappa shape index (κ2) is 6.51. The predicted molar refractivity (Wildman–Crippen MR) is 87.2 cm³/mol. The third-order valence-corrected chi connectivity index (χ3v) is 4.42. The molecule has 0 aromatic heterocycles. The van der Waals surface area contributed by atoms with E-state index in [1.807, 2.05) is 52.0 Å². The van der Waals surface area contributed by atoms with E-state index in [9.17, 15) is 9.59 Å². The summed E-state index contributed by atoms with van der Waals surface area (Å²) in [5, 5.41) is 3.04. The second-order valence-corrected chi connectivity index (χ2v) is 6.89. The van der Waals surface area contributed by atoms with Gasteiger partial charge in [0.1, 0.15) is 0 Å². The molecule has 1 heterocycles. The van der Waals surface area contributed by atoms with Crippen LogP contribution in [0.4, 0.5) is 0 Å². The van der Waals surface area contributed by atoms with Crippen molar-refractivity contribution in [3.05, 3.63) is 35.4 Å². The van der Waals surface area contributed by atoms with E-state index in [-0.39, 0.29) is 23.3 Å². The molecule has 4 heteroatoms. The molecule has 1 aliphatic rings. The number of amides is 2. The molecular weight excluding hydrogens is 276 g/mol. The van der Waals surface area contributed by atoms with E-state index in [1.54, 1.807) is 4.90 Å². The highest BCUT2D eigenvalue weighted by Gasteiger charge is 2.35. The van der Waals surface area contributed by atoms with Crippen LogP contribution in [-0.2, 0) is 16.1 Å². The van der Waals surface area contributed by atoms with Crippen LogP contribution in [0.1, 0.15) is 44.7 Å². The van der Waals surface area contributed by atoms with E-state index < -0.39 is 0 Å². The highest BCUT2D eigenvalue weighted by molar-refractivity contribution is 5.89. The molecule has 2 amide bonds. The van der Waals surface area contributed by atoms with Gasteiger partial charge < -0.3 is 10.2 Å². The first-order valence-electron chi connectivity index (χ1n) is 7.96. The molecule has 1 fully saturated rings. The third kappa shape index (κ3) is 4.09. The van der Waals surface area contributed by atoms with Gasteiger partial charge in [-0.1, -0.05) is 36.8 Å². The van der Waals surface area contributed by atoms with Crippen LogP contribution in [0.3, 0.4) is 0 Å². The first-order valence-corrected chi connectivity index (χ1v) is 7.96. The fourth-order valence-corrected chi connectivity index (χ4v) is 2.54. The molecule has 0 saturated carbocycles. The van der Waals surface area contributed by atoms with Gasteiger partial charge in [0.15, 0.2) is 0 Å². The molecule has 120 valence electrons.